The third kappa shape index (κ3) is 5.05. The predicted octanol–water partition coefficient (Wildman–Crippen LogP) is 4.72. The normalized spacial score (nSPS) is 13.5. The minimum absolute atomic E-state index is 0. The van der Waals surface area contributed by atoms with Gasteiger partial charge in [-0.1, -0.05) is 43.3 Å². The first kappa shape index (κ1) is 21.2. The summed E-state index contributed by atoms with van der Waals surface area (Å²) in [6.45, 7) is 4.89. The lowest BCUT2D eigenvalue weighted by molar-refractivity contribution is 0.415. The number of hydrogen-bond acceptors (Lipinski definition) is 4. The Kier molecular flexibility index (Phi) is 8.10. The fraction of sp³-hybridized carbons (Fsp3) is 0.263. The Hall–Kier alpha value is -1.88. The third-order valence-corrected chi connectivity index (χ3v) is 4.12. The van der Waals surface area contributed by atoms with Gasteiger partial charge < -0.3 is 21.1 Å². The lowest BCUT2D eigenvalue weighted by atomic mass is 10.0. The Balaban J connectivity index is 0.00000156. The molecule has 0 aliphatic carbocycles. The molecular weight excluding hydrogens is 357 g/mol. The van der Waals surface area contributed by atoms with Gasteiger partial charge in [-0.3, -0.25) is 0 Å². The number of fused-ring (bicyclic) bond motifs is 1. The van der Waals surface area contributed by atoms with Gasteiger partial charge in [0.15, 0.2) is 5.75 Å². The van der Waals surface area contributed by atoms with Gasteiger partial charge in [-0.05, 0) is 36.6 Å². The molecular formula is C19H25Cl2N3O. The van der Waals surface area contributed by atoms with Gasteiger partial charge in [0, 0.05) is 12.6 Å². The van der Waals surface area contributed by atoms with Crippen LogP contribution >= 0.6 is 24.8 Å². The van der Waals surface area contributed by atoms with E-state index in [1.807, 2.05) is 19.1 Å². The van der Waals surface area contributed by atoms with Gasteiger partial charge in [-0.15, -0.1) is 24.8 Å². The molecule has 0 spiro atoms. The van der Waals surface area contributed by atoms with Gasteiger partial charge in [-0.2, -0.15) is 0 Å². The largest absolute Gasteiger partial charge is 0.456 e. The number of allylic oxidation sites excluding steroid dienone is 1. The van der Waals surface area contributed by atoms with Crippen LogP contribution in [0.4, 0.5) is 5.69 Å². The Bertz CT molecular complexity index is 720. The van der Waals surface area contributed by atoms with Gasteiger partial charge in [0.1, 0.15) is 11.6 Å². The zero-order chi connectivity index (χ0) is 16.2. The zero-order valence-electron chi connectivity index (χ0n) is 14.4. The molecule has 0 saturated heterocycles. The summed E-state index contributed by atoms with van der Waals surface area (Å²) < 4.78 is 5.71. The average molecular weight is 382 g/mol. The van der Waals surface area contributed by atoms with E-state index < -0.39 is 0 Å². The third-order valence-electron chi connectivity index (χ3n) is 4.12. The van der Waals surface area contributed by atoms with Crippen molar-refractivity contribution >= 4 is 30.5 Å². The standard InChI is InChI=1S/C19H23N3O.2ClH/c1-3-16(21-12-14-7-5-4-6-8-14)15-9-10-18-17(11-15)22-19(20)13(2)23-18;;/h4-11,16,21-22H,3,12,20H2,1-2H3;2*1H. The number of benzene rings is 2. The highest BCUT2D eigenvalue weighted by Gasteiger charge is 2.17. The SMILES string of the molecule is CCC(NCc1ccccc1)c1ccc2c(c1)NC(N)=C(C)O2.Cl.Cl. The topological polar surface area (TPSA) is 59.3 Å². The van der Waals surface area contributed by atoms with E-state index in [1.54, 1.807) is 0 Å². The quantitative estimate of drug-likeness (QED) is 0.700. The number of halogens is 2. The van der Waals surface area contributed by atoms with Crippen molar-refractivity contribution < 1.29 is 4.74 Å². The molecule has 0 saturated carbocycles. The molecule has 4 nitrogen and oxygen atoms in total. The highest BCUT2D eigenvalue weighted by Crippen LogP contribution is 2.34. The maximum Gasteiger partial charge on any atom is 0.150 e. The van der Waals surface area contributed by atoms with Crippen molar-refractivity contribution in [2.24, 2.45) is 5.73 Å². The zero-order valence-corrected chi connectivity index (χ0v) is 16.0. The monoisotopic (exact) mass is 381 g/mol. The maximum atomic E-state index is 5.91. The van der Waals surface area contributed by atoms with Crippen molar-refractivity contribution in [1.29, 1.82) is 0 Å². The molecule has 25 heavy (non-hydrogen) atoms. The van der Waals surface area contributed by atoms with E-state index in [0.717, 1.165) is 24.4 Å². The Labute approximate surface area is 161 Å². The Morgan fingerprint density at radius 3 is 2.52 bits per heavy atom. The number of nitrogens with one attached hydrogen (secondary N) is 2. The molecule has 0 aromatic heterocycles. The molecule has 1 unspecified atom stereocenters. The fourth-order valence-corrected chi connectivity index (χ4v) is 2.74. The van der Waals surface area contributed by atoms with Crippen LogP contribution < -0.4 is 21.1 Å². The number of ether oxygens (including phenoxy) is 1. The first-order chi connectivity index (χ1) is 11.2. The summed E-state index contributed by atoms with van der Waals surface area (Å²) in [7, 11) is 0. The summed E-state index contributed by atoms with van der Waals surface area (Å²) in [6, 6.07) is 17.0. The number of rotatable bonds is 5. The molecule has 1 heterocycles. The molecule has 3 rings (SSSR count). The molecule has 2 aromatic rings. The molecule has 0 radical (unpaired) electrons. The highest BCUT2D eigenvalue weighted by molar-refractivity contribution is 5.85. The van der Waals surface area contributed by atoms with Gasteiger partial charge in [0.05, 0.1) is 5.69 Å². The van der Waals surface area contributed by atoms with E-state index in [0.29, 0.717) is 11.6 Å². The van der Waals surface area contributed by atoms with Crippen LogP contribution in [0.25, 0.3) is 0 Å². The van der Waals surface area contributed by atoms with Crippen molar-refractivity contribution in [3.63, 3.8) is 0 Å². The van der Waals surface area contributed by atoms with E-state index in [9.17, 15) is 0 Å². The van der Waals surface area contributed by atoms with Crippen LogP contribution in [0.1, 0.15) is 37.4 Å². The van der Waals surface area contributed by atoms with Crippen LogP contribution in [0.2, 0.25) is 0 Å². The minimum Gasteiger partial charge on any atom is -0.456 e. The van der Waals surface area contributed by atoms with E-state index in [4.69, 9.17) is 10.5 Å². The van der Waals surface area contributed by atoms with E-state index in [1.165, 1.54) is 11.1 Å². The lowest BCUT2D eigenvalue weighted by Crippen LogP contribution is -2.22. The second-order valence-electron chi connectivity index (χ2n) is 5.78. The Morgan fingerprint density at radius 2 is 1.84 bits per heavy atom. The molecule has 136 valence electrons. The van der Waals surface area contributed by atoms with Crippen molar-refractivity contribution in [2.75, 3.05) is 5.32 Å². The summed E-state index contributed by atoms with van der Waals surface area (Å²) in [5.41, 5.74) is 9.35. The van der Waals surface area contributed by atoms with E-state index >= 15 is 0 Å². The second-order valence-corrected chi connectivity index (χ2v) is 5.78. The molecule has 6 heteroatoms. The van der Waals surface area contributed by atoms with Gasteiger partial charge >= 0.3 is 0 Å². The van der Waals surface area contributed by atoms with Crippen LogP contribution in [-0.2, 0) is 6.54 Å². The molecule has 0 bridgehead atoms. The summed E-state index contributed by atoms with van der Waals surface area (Å²) in [5, 5.41) is 6.82. The second kappa shape index (κ2) is 9.56. The number of hydrogen-bond donors (Lipinski definition) is 3. The van der Waals surface area contributed by atoms with Gasteiger partial charge in [-0.25, -0.2) is 0 Å². The first-order valence-corrected chi connectivity index (χ1v) is 8.00. The summed E-state index contributed by atoms with van der Waals surface area (Å²) in [5.74, 6) is 2.10. The molecule has 4 N–H and O–H groups in total. The molecule has 0 fully saturated rings. The molecule has 1 aliphatic rings. The van der Waals surface area contributed by atoms with Crippen molar-refractivity contribution in [3.8, 4) is 5.75 Å². The fourth-order valence-electron chi connectivity index (χ4n) is 2.74. The summed E-state index contributed by atoms with van der Waals surface area (Å²) >= 11 is 0. The summed E-state index contributed by atoms with van der Waals surface area (Å²) in [4.78, 5) is 0. The maximum absolute atomic E-state index is 5.91. The van der Waals surface area contributed by atoms with E-state index in [-0.39, 0.29) is 30.9 Å². The first-order valence-electron chi connectivity index (χ1n) is 8.00. The molecule has 2 aromatic carbocycles. The van der Waals surface area contributed by atoms with Crippen molar-refractivity contribution in [3.05, 3.63) is 71.2 Å². The van der Waals surface area contributed by atoms with Crippen LogP contribution in [-0.4, -0.2) is 0 Å². The predicted molar refractivity (Wildman–Crippen MR) is 108 cm³/mol. The van der Waals surface area contributed by atoms with E-state index in [2.05, 4.69) is 54.0 Å². The number of nitrogens with two attached hydrogens (primary N) is 1. The molecule has 0 amide bonds. The van der Waals surface area contributed by atoms with Crippen LogP contribution in [0.15, 0.2) is 60.1 Å². The average Bonchev–Trinajstić information content (AvgIpc) is 2.57. The minimum atomic E-state index is 0. The van der Waals surface area contributed by atoms with Crippen LogP contribution in [0.5, 0.6) is 5.75 Å². The summed E-state index contributed by atoms with van der Waals surface area (Å²) in [6.07, 6.45) is 1.01. The highest BCUT2D eigenvalue weighted by atomic mass is 35.5. The van der Waals surface area contributed by atoms with Crippen molar-refractivity contribution in [1.82, 2.24) is 5.32 Å². The van der Waals surface area contributed by atoms with Crippen LogP contribution in [0, 0.1) is 0 Å². The smallest absolute Gasteiger partial charge is 0.150 e. The Morgan fingerprint density at radius 1 is 1.12 bits per heavy atom. The number of anilines is 1. The lowest BCUT2D eigenvalue weighted by Gasteiger charge is -2.24. The van der Waals surface area contributed by atoms with Gasteiger partial charge in [0.25, 0.3) is 0 Å². The van der Waals surface area contributed by atoms with Crippen LogP contribution in [0.3, 0.4) is 0 Å². The molecule has 1 aliphatic heterocycles. The van der Waals surface area contributed by atoms with Crippen molar-refractivity contribution in [2.45, 2.75) is 32.9 Å². The van der Waals surface area contributed by atoms with Gasteiger partial charge in [0.2, 0.25) is 0 Å². The molecule has 1 atom stereocenters.